The van der Waals surface area contributed by atoms with Gasteiger partial charge in [0.1, 0.15) is 18.0 Å². The SMILES string of the molecule is CCOC(=O)C[C@@H]1O[C@@H](c2cccc(C(F)(F)F)c2OC)c2cc(Cl)ccc2NC1=O. The number of fused-ring (bicyclic) bond motifs is 1. The molecule has 0 bridgehead atoms. The summed E-state index contributed by atoms with van der Waals surface area (Å²) in [5.41, 5.74) is -0.341. The second-order valence-electron chi connectivity index (χ2n) is 6.66. The number of ether oxygens (including phenoxy) is 3. The van der Waals surface area contributed by atoms with E-state index in [9.17, 15) is 22.8 Å². The lowest BCUT2D eigenvalue weighted by Crippen LogP contribution is -2.32. The van der Waals surface area contributed by atoms with E-state index in [1.54, 1.807) is 6.92 Å². The van der Waals surface area contributed by atoms with Crippen LogP contribution in [-0.4, -0.2) is 31.7 Å². The number of hydrogen-bond acceptors (Lipinski definition) is 5. The average Bonchev–Trinajstić information content (AvgIpc) is 2.83. The largest absolute Gasteiger partial charge is 0.496 e. The third kappa shape index (κ3) is 4.94. The predicted octanol–water partition coefficient (Wildman–Crippen LogP) is 4.75. The normalized spacial score (nSPS) is 18.6. The molecule has 1 N–H and O–H groups in total. The van der Waals surface area contributed by atoms with Crippen LogP contribution in [0.4, 0.5) is 18.9 Å². The van der Waals surface area contributed by atoms with Gasteiger partial charge in [-0.2, -0.15) is 13.2 Å². The first kappa shape index (κ1) is 22.9. The second-order valence-corrected chi connectivity index (χ2v) is 7.10. The maximum atomic E-state index is 13.5. The number of hydrogen-bond donors (Lipinski definition) is 1. The molecule has 2 atom stereocenters. The maximum absolute atomic E-state index is 13.5. The van der Waals surface area contributed by atoms with E-state index in [-0.39, 0.29) is 17.2 Å². The molecule has 0 spiro atoms. The van der Waals surface area contributed by atoms with Crippen LogP contribution in [0.5, 0.6) is 5.75 Å². The summed E-state index contributed by atoms with van der Waals surface area (Å²) >= 11 is 6.10. The molecule has 2 aromatic rings. The number of rotatable bonds is 5. The van der Waals surface area contributed by atoms with Crippen molar-refractivity contribution in [2.45, 2.75) is 31.7 Å². The van der Waals surface area contributed by atoms with Crippen LogP contribution in [0.2, 0.25) is 5.02 Å². The summed E-state index contributed by atoms with van der Waals surface area (Å²) < 4.78 is 56.5. The van der Waals surface area contributed by atoms with Crippen molar-refractivity contribution in [1.29, 1.82) is 0 Å². The van der Waals surface area contributed by atoms with Crippen molar-refractivity contribution in [1.82, 2.24) is 0 Å². The third-order valence-electron chi connectivity index (χ3n) is 4.64. The Morgan fingerprint density at radius 1 is 1.23 bits per heavy atom. The predicted molar refractivity (Wildman–Crippen MR) is 106 cm³/mol. The van der Waals surface area contributed by atoms with Crippen LogP contribution in [0, 0.1) is 0 Å². The number of methoxy groups -OCH3 is 1. The summed E-state index contributed by atoms with van der Waals surface area (Å²) in [4.78, 5) is 24.6. The van der Waals surface area contributed by atoms with Gasteiger partial charge in [0.25, 0.3) is 5.91 Å². The molecule has 1 aliphatic rings. The molecule has 0 saturated carbocycles. The zero-order chi connectivity index (χ0) is 22.8. The van der Waals surface area contributed by atoms with E-state index in [0.717, 1.165) is 13.2 Å². The van der Waals surface area contributed by atoms with Gasteiger partial charge < -0.3 is 19.5 Å². The first-order valence-electron chi connectivity index (χ1n) is 9.31. The Morgan fingerprint density at radius 3 is 2.61 bits per heavy atom. The number of anilines is 1. The Morgan fingerprint density at radius 2 is 1.97 bits per heavy atom. The number of halogens is 4. The van der Waals surface area contributed by atoms with Crippen molar-refractivity contribution >= 4 is 29.2 Å². The fourth-order valence-corrected chi connectivity index (χ4v) is 3.52. The first-order chi connectivity index (χ1) is 14.7. The number of amides is 1. The van der Waals surface area contributed by atoms with Gasteiger partial charge in [0.2, 0.25) is 0 Å². The molecule has 31 heavy (non-hydrogen) atoms. The monoisotopic (exact) mass is 457 g/mol. The van der Waals surface area contributed by atoms with Gasteiger partial charge in [0.15, 0.2) is 0 Å². The molecule has 0 unspecified atom stereocenters. The minimum atomic E-state index is -4.68. The number of carbonyl (C=O) groups excluding carboxylic acids is 2. The number of para-hydroxylation sites is 1. The van der Waals surface area contributed by atoms with Crippen LogP contribution in [0.15, 0.2) is 36.4 Å². The number of carbonyl (C=O) groups is 2. The summed E-state index contributed by atoms with van der Waals surface area (Å²) in [6, 6.07) is 8.02. The van der Waals surface area contributed by atoms with Gasteiger partial charge in [-0.15, -0.1) is 0 Å². The molecule has 0 radical (unpaired) electrons. The fourth-order valence-electron chi connectivity index (χ4n) is 3.34. The quantitative estimate of drug-likeness (QED) is 0.656. The van der Waals surface area contributed by atoms with Gasteiger partial charge in [0, 0.05) is 21.8 Å². The van der Waals surface area contributed by atoms with E-state index >= 15 is 0 Å². The average molecular weight is 458 g/mol. The van der Waals surface area contributed by atoms with Gasteiger partial charge in [-0.1, -0.05) is 23.7 Å². The van der Waals surface area contributed by atoms with Crippen LogP contribution < -0.4 is 10.1 Å². The fraction of sp³-hybridized carbons (Fsp3) is 0.333. The maximum Gasteiger partial charge on any atom is 0.419 e. The van der Waals surface area contributed by atoms with E-state index in [1.165, 1.54) is 30.3 Å². The molecular weight excluding hydrogens is 439 g/mol. The summed E-state index contributed by atoms with van der Waals surface area (Å²) in [6.45, 7) is 1.72. The van der Waals surface area contributed by atoms with E-state index < -0.39 is 48.0 Å². The number of alkyl halides is 3. The second kappa shape index (κ2) is 9.15. The third-order valence-corrected chi connectivity index (χ3v) is 4.88. The Labute approximate surface area is 181 Å². The lowest BCUT2D eigenvalue weighted by molar-refractivity contribution is -0.150. The molecule has 6 nitrogen and oxygen atoms in total. The van der Waals surface area contributed by atoms with Crippen LogP contribution in [0.25, 0.3) is 0 Å². The topological polar surface area (TPSA) is 73.9 Å². The summed E-state index contributed by atoms with van der Waals surface area (Å²) in [5, 5.41) is 2.92. The van der Waals surface area contributed by atoms with Crippen LogP contribution in [-0.2, 0) is 25.2 Å². The standard InChI is InChI=1S/C21H19ClF3NO5/c1-3-30-17(27)10-16-20(28)26-15-8-7-11(22)9-13(15)18(31-16)12-5-4-6-14(19(12)29-2)21(23,24)25/h4-9,16,18H,3,10H2,1-2H3,(H,26,28)/t16-,18-/m0/s1. The Bertz CT molecular complexity index is 995. The zero-order valence-electron chi connectivity index (χ0n) is 16.6. The molecule has 0 fully saturated rings. The van der Waals surface area contributed by atoms with Crippen molar-refractivity contribution in [3.63, 3.8) is 0 Å². The number of esters is 1. The molecule has 166 valence electrons. The lowest BCUT2D eigenvalue weighted by Gasteiger charge is -2.24. The summed E-state index contributed by atoms with van der Waals surface area (Å²) in [6.07, 6.45) is -7.58. The Hall–Kier alpha value is -2.78. The molecular formula is C21H19ClF3NO5. The van der Waals surface area contributed by atoms with E-state index in [2.05, 4.69) is 5.32 Å². The summed E-state index contributed by atoms with van der Waals surface area (Å²) in [7, 11) is 1.11. The summed E-state index contributed by atoms with van der Waals surface area (Å²) in [5.74, 6) is -1.76. The molecule has 1 heterocycles. The number of benzene rings is 2. The zero-order valence-corrected chi connectivity index (χ0v) is 17.3. The highest BCUT2D eigenvalue weighted by molar-refractivity contribution is 6.30. The molecule has 1 amide bonds. The number of nitrogens with one attached hydrogen (secondary N) is 1. The highest BCUT2D eigenvalue weighted by Gasteiger charge is 2.39. The minimum Gasteiger partial charge on any atom is -0.496 e. The highest BCUT2D eigenvalue weighted by atomic mass is 35.5. The molecule has 0 aliphatic carbocycles. The minimum absolute atomic E-state index is 0.0335. The molecule has 2 aromatic carbocycles. The van der Waals surface area contributed by atoms with E-state index in [1.807, 2.05) is 0 Å². The highest BCUT2D eigenvalue weighted by Crippen LogP contribution is 2.45. The van der Waals surface area contributed by atoms with E-state index in [4.69, 9.17) is 25.8 Å². The van der Waals surface area contributed by atoms with Crippen molar-refractivity contribution in [2.24, 2.45) is 0 Å². The van der Waals surface area contributed by atoms with Crippen molar-refractivity contribution in [3.05, 3.63) is 58.1 Å². The molecule has 1 aliphatic heterocycles. The smallest absolute Gasteiger partial charge is 0.419 e. The molecule has 0 saturated heterocycles. The lowest BCUT2D eigenvalue weighted by atomic mass is 9.96. The van der Waals surface area contributed by atoms with Crippen LogP contribution >= 0.6 is 11.6 Å². The molecule has 0 aromatic heterocycles. The van der Waals surface area contributed by atoms with Gasteiger partial charge >= 0.3 is 12.1 Å². The molecule has 3 rings (SSSR count). The van der Waals surface area contributed by atoms with Gasteiger partial charge in [-0.25, -0.2) is 0 Å². The van der Waals surface area contributed by atoms with E-state index in [0.29, 0.717) is 11.3 Å². The van der Waals surface area contributed by atoms with Crippen molar-refractivity contribution in [2.75, 3.05) is 19.0 Å². The Kier molecular flexibility index (Phi) is 6.76. The first-order valence-corrected chi connectivity index (χ1v) is 9.69. The molecule has 10 heteroatoms. The van der Waals surface area contributed by atoms with Gasteiger partial charge in [-0.05, 0) is 31.2 Å². The van der Waals surface area contributed by atoms with Gasteiger partial charge in [0.05, 0.1) is 25.7 Å². The van der Waals surface area contributed by atoms with Crippen molar-refractivity contribution in [3.8, 4) is 5.75 Å². The van der Waals surface area contributed by atoms with Crippen molar-refractivity contribution < 1.29 is 37.0 Å². The Balaban J connectivity index is 2.15. The van der Waals surface area contributed by atoms with Crippen LogP contribution in [0.3, 0.4) is 0 Å². The van der Waals surface area contributed by atoms with Crippen LogP contribution in [0.1, 0.15) is 36.1 Å². The van der Waals surface area contributed by atoms with Gasteiger partial charge in [-0.3, -0.25) is 9.59 Å².